The van der Waals surface area contributed by atoms with Gasteiger partial charge in [0.1, 0.15) is 0 Å². The Hall–Kier alpha value is -2.14. The lowest BCUT2D eigenvalue weighted by Gasteiger charge is -2.26. The number of halogens is 1. The third kappa shape index (κ3) is 1.92. The Labute approximate surface area is 114 Å². The van der Waals surface area contributed by atoms with Gasteiger partial charge in [0.2, 0.25) is 5.91 Å². The van der Waals surface area contributed by atoms with Crippen LogP contribution in [-0.4, -0.2) is 23.5 Å². The van der Waals surface area contributed by atoms with Crippen LogP contribution >= 0.6 is 11.6 Å². The second-order valence-electron chi connectivity index (χ2n) is 4.20. The van der Waals surface area contributed by atoms with Gasteiger partial charge in [-0.05, 0) is 6.07 Å². The molecule has 3 rings (SSSR count). The normalized spacial score (nSPS) is 15.7. The summed E-state index contributed by atoms with van der Waals surface area (Å²) in [7, 11) is 0. The minimum atomic E-state index is -0.425. The molecular formula is C13H10ClN3O2. The summed E-state index contributed by atoms with van der Waals surface area (Å²) in [4.78, 5) is 29.0. The van der Waals surface area contributed by atoms with E-state index in [0.29, 0.717) is 22.6 Å². The number of anilines is 1. The molecule has 0 saturated carbocycles. The second-order valence-corrected chi connectivity index (χ2v) is 4.61. The van der Waals surface area contributed by atoms with Crippen LogP contribution in [-0.2, 0) is 4.79 Å². The number of hydrogen-bond acceptors (Lipinski definition) is 3. The molecule has 1 fully saturated rings. The fourth-order valence-electron chi connectivity index (χ4n) is 2.15. The van der Waals surface area contributed by atoms with Crippen molar-refractivity contribution in [3.05, 3.63) is 35.6 Å². The maximum Gasteiger partial charge on any atom is 0.328 e. The van der Waals surface area contributed by atoms with Crippen LogP contribution in [0.5, 0.6) is 0 Å². The minimum Gasteiger partial charge on any atom is -0.337 e. The number of amides is 3. The first-order valence-electron chi connectivity index (χ1n) is 5.81. The summed E-state index contributed by atoms with van der Waals surface area (Å²) >= 11 is 6.10. The molecular weight excluding hydrogens is 266 g/mol. The van der Waals surface area contributed by atoms with Crippen molar-refractivity contribution >= 4 is 40.0 Å². The Morgan fingerprint density at radius 3 is 2.84 bits per heavy atom. The number of rotatable bonds is 1. The molecule has 1 aromatic heterocycles. The molecule has 0 bridgehead atoms. The standard InChI is InChI=1S/C13H10ClN3O2/c14-10-3-1-2-8-9(10)6-15-7-11(8)17-12(18)4-5-16-13(17)19/h1-3,6-7H,4-5H2,(H,16,19). The summed E-state index contributed by atoms with van der Waals surface area (Å²) < 4.78 is 0. The highest BCUT2D eigenvalue weighted by molar-refractivity contribution is 6.36. The van der Waals surface area contributed by atoms with Crippen LogP contribution in [0.25, 0.3) is 10.8 Å². The predicted octanol–water partition coefficient (Wildman–Crippen LogP) is 2.33. The largest absolute Gasteiger partial charge is 0.337 e. The first kappa shape index (κ1) is 11.9. The van der Waals surface area contributed by atoms with E-state index in [1.54, 1.807) is 18.3 Å². The van der Waals surface area contributed by atoms with Gasteiger partial charge in [-0.1, -0.05) is 23.7 Å². The van der Waals surface area contributed by atoms with Crippen molar-refractivity contribution in [3.63, 3.8) is 0 Å². The molecule has 1 N–H and O–H groups in total. The molecule has 19 heavy (non-hydrogen) atoms. The number of benzene rings is 1. The number of carbonyl (C=O) groups is 2. The average molecular weight is 276 g/mol. The zero-order valence-electron chi connectivity index (χ0n) is 9.89. The highest BCUT2D eigenvalue weighted by atomic mass is 35.5. The van der Waals surface area contributed by atoms with Crippen molar-refractivity contribution in [3.8, 4) is 0 Å². The van der Waals surface area contributed by atoms with Crippen LogP contribution in [0.15, 0.2) is 30.6 Å². The van der Waals surface area contributed by atoms with Gasteiger partial charge in [0.15, 0.2) is 0 Å². The number of urea groups is 1. The van der Waals surface area contributed by atoms with Gasteiger partial charge in [-0.25, -0.2) is 9.69 Å². The Bertz CT molecular complexity index is 671. The molecule has 1 aliphatic rings. The Morgan fingerprint density at radius 2 is 2.05 bits per heavy atom. The SMILES string of the molecule is O=C1CCNC(=O)N1c1cncc2c(Cl)cccc12. The number of hydrogen-bond donors (Lipinski definition) is 1. The topological polar surface area (TPSA) is 62.3 Å². The molecule has 2 aromatic rings. The fourth-order valence-corrected chi connectivity index (χ4v) is 2.37. The monoisotopic (exact) mass is 275 g/mol. The molecule has 0 radical (unpaired) electrons. The van der Waals surface area contributed by atoms with E-state index in [2.05, 4.69) is 10.3 Å². The Morgan fingerprint density at radius 1 is 1.21 bits per heavy atom. The number of nitrogens with one attached hydrogen (secondary N) is 1. The molecule has 0 aliphatic carbocycles. The van der Waals surface area contributed by atoms with E-state index >= 15 is 0 Å². The number of nitrogens with zero attached hydrogens (tertiary/aromatic N) is 2. The predicted molar refractivity (Wildman–Crippen MR) is 72.3 cm³/mol. The Balaban J connectivity index is 2.22. The average Bonchev–Trinajstić information content (AvgIpc) is 2.39. The molecule has 6 heteroatoms. The van der Waals surface area contributed by atoms with Crippen molar-refractivity contribution in [1.82, 2.24) is 10.3 Å². The van der Waals surface area contributed by atoms with E-state index in [4.69, 9.17) is 11.6 Å². The molecule has 1 saturated heterocycles. The Kier molecular flexibility index (Phi) is 2.83. The van der Waals surface area contributed by atoms with Crippen molar-refractivity contribution in [2.45, 2.75) is 6.42 Å². The first-order valence-corrected chi connectivity index (χ1v) is 6.19. The molecule has 1 aromatic carbocycles. The zero-order valence-corrected chi connectivity index (χ0v) is 10.6. The van der Waals surface area contributed by atoms with E-state index in [1.807, 2.05) is 6.07 Å². The van der Waals surface area contributed by atoms with Gasteiger partial charge >= 0.3 is 6.03 Å². The van der Waals surface area contributed by atoms with Crippen molar-refractivity contribution in [2.24, 2.45) is 0 Å². The van der Waals surface area contributed by atoms with Gasteiger partial charge in [0.25, 0.3) is 0 Å². The van der Waals surface area contributed by atoms with Crippen molar-refractivity contribution < 1.29 is 9.59 Å². The van der Waals surface area contributed by atoms with Crippen LogP contribution in [0.2, 0.25) is 5.02 Å². The van der Waals surface area contributed by atoms with E-state index in [-0.39, 0.29) is 12.3 Å². The maximum absolute atomic E-state index is 11.9. The summed E-state index contributed by atoms with van der Waals surface area (Å²) in [6.07, 6.45) is 3.40. The fraction of sp³-hybridized carbons (Fsp3) is 0.154. The van der Waals surface area contributed by atoms with Gasteiger partial charge in [0.05, 0.1) is 16.9 Å². The molecule has 96 valence electrons. The van der Waals surface area contributed by atoms with Gasteiger partial charge in [-0.2, -0.15) is 0 Å². The maximum atomic E-state index is 11.9. The number of pyridine rings is 1. The number of fused-ring (bicyclic) bond motifs is 1. The third-order valence-corrected chi connectivity index (χ3v) is 3.37. The van der Waals surface area contributed by atoms with Gasteiger partial charge in [0, 0.05) is 29.9 Å². The van der Waals surface area contributed by atoms with E-state index in [0.717, 1.165) is 10.3 Å². The first-order chi connectivity index (χ1) is 9.18. The number of aromatic nitrogens is 1. The lowest BCUT2D eigenvalue weighted by molar-refractivity contribution is -0.118. The lowest BCUT2D eigenvalue weighted by Crippen LogP contribution is -2.50. The van der Waals surface area contributed by atoms with Gasteiger partial charge < -0.3 is 5.32 Å². The van der Waals surface area contributed by atoms with Gasteiger partial charge in [-0.15, -0.1) is 0 Å². The quantitative estimate of drug-likeness (QED) is 0.869. The highest BCUT2D eigenvalue weighted by Gasteiger charge is 2.28. The zero-order chi connectivity index (χ0) is 13.4. The highest BCUT2D eigenvalue weighted by Crippen LogP contribution is 2.31. The molecule has 3 amide bonds. The molecule has 0 unspecified atom stereocenters. The molecule has 0 atom stereocenters. The summed E-state index contributed by atoms with van der Waals surface area (Å²) in [5.41, 5.74) is 0.460. The molecule has 5 nitrogen and oxygen atoms in total. The summed E-state index contributed by atoms with van der Waals surface area (Å²) in [5, 5.41) is 4.63. The molecule has 2 heterocycles. The van der Waals surface area contributed by atoms with Crippen LogP contribution in [0.4, 0.5) is 10.5 Å². The van der Waals surface area contributed by atoms with Crippen LogP contribution < -0.4 is 10.2 Å². The van der Waals surface area contributed by atoms with Crippen LogP contribution in [0.1, 0.15) is 6.42 Å². The number of imide groups is 1. The van der Waals surface area contributed by atoms with Crippen molar-refractivity contribution in [2.75, 3.05) is 11.4 Å². The summed E-state index contributed by atoms with van der Waals surface area (Å²) in [5.74, 6) is -0.238. The summed E-state index contributed by atoms with van der Waals surface area (Å²) in [6, 6.07) is 4.91. The minimum absolute atomic E-state index is 0.238. The van der Waals surface area contributed by atoms with Crippen molar-refractivity contribution in [1.29, 1.82) is 0 Å². The molecule has 0 spiro atoms. The second kappa shape index (κ2) is 4.51. The lowest BCUT2D eigenvalue weighted by atomic mass is 10.1. The van der Waals surface area contributed by atoms with Crippen LogP contribution in [0.3, 0.4) is 0 Å². The van der Waals surface area contributed by atoms with E-state index < -0.39 is 6.03 Å². The van der Waals surface area contributed by atoms with Crippen LogP contribution in [0, 0.1) is 0 Å². The third-order valence-electron chi connectivity index (χ3n) is 3.04. The number of carbonyl (C=O) groups excluding carboxylic acids is 2. The van der Waals surface area contributed by atoms with Gasteiger partial charge in [-0.3, -0.25) is 9.78 Å². The smallest absolute Gasteiger partial charge is 0.328 e. The summed E-state index contributed by atoms with van der Waals surface area (Å²) in [6.45, 7) is 0.368. The molecule has 1 aliphatic heterocycles. The van der Waals surface area contributed by atoms with E-state index in [9.17, 15) is 9.59 Å². The van der Waals surface area contributed by atoms with E-state index in [1.165, 1.54) is 6.20 Å².